The van der Waals surface area contributed by atoms with Gasteiger partial charge in [-0.15, -0.1) is 12.4 Å². The fraction of sp³-hybridized carbons (Fsp3) is 0.235. The highest BCUT2D eigenvalue weighted by atomic mass is 35.7. The van der Waals surface area contributed by atoms with Gasteiger partial charge >= 0.3 is 29.8 Å². The maximum Gasteiger partial charge on any atom is 0.335 e. The van der Waals surface area contributed by atoms with Gasteiger partial charge < -0.3 is 50.1 Å². The van der Waals surface area contributed by atoms with Crippen molar-refractivity contribution in [1.29, 1.82) is 0 Å². The Bertz CT molecular complexity index is 4870. The van der Waals surface area contributed by atoms with Crippen LogP contribution < -0.4 is 25.6 Å². The first-order valence-corrected chi connectivity index (χ1v) is 37.0. The van der Waals surface area contributed by atoms with Gasteiger partial charge in [-0.3, -0.25) is 24.4 Å². The third-order valence-corrected chi connectivity index (χ3v) is 19.7. The Morgan fingerprint density at radius 3 is 1.09 bits per heavy atom. The van der Waals surface area contributed by atoms with Crippen molar-refractivity contribution in [2.75, 3.05) is 21.3 Å². The quantitative estimate of drug-likeness (QED) is 0.00448. The molecule has 107 heavy (non-hydrogen) atoms. The van der Waals surface area contributed by atoms with Gasteiger partial charge in [0.05, 0.1) is 46.5 Å². The minimum Gasteiger partial charge on any atom is -0.480 e. The van der Waals surface area contributed by atoms with Crippen molar-refractivity contribution < 1.29 is 106 Å². The number of nitrogens with zero attached hydrogens (tertiary/aromatic N) is 5. The van der Waals surface area contributed by atoms with E-state index in [9.17, 15) is 57.6 Å². The van der Waals surface area contributed by atoms with Crippen molar-refractivity contribution in [2.45, 2.75) is 106 Å². The molecule has 2 heterocycles. The van der Waals surface area contributed by atoms with E-state index in [1.54, 1.807) is 19.1 Å². The van der Waals surface area contributed by atoms with Crippen LogP contribution in [0.5, 0.6) is 0 Å². The van der Waals surface area contributed by atoms with Gasteiger partial charge in [0.1, 0.15) is 30.8 Å². The summed E-state index contributed by atoms with van der Waals surface area (Å²) in [6.07, 6.45) is 0. The molecule has 7 aromatic carbocycles. The number of hydrogen-bond acceptors (Lipinski definition) is 27. The number of nitrogens with two attached hydrogens (primary N) is 2. The van der Waals surface area contributed by atoms with Crippen LogP contribution in [0, 0.1) is 20.8 Å². The van der Waals surface area contributed by atoms with Gasteiger partial charge in [-0.05, 0) is 139 Å². The van der Waals surface area contributed by atoms with Crippen LogP contribution in [0.25, 0.3) is 45.7 Å². The predicted octanol–water partition coefficient (Wildman–Crippen LogP) is 8.50. The lowest BCUT2D eigenvalue weighted by Crippen LogP contribution is -2.39. The summed E-state index contributed by atoms with van der Waals surface area (Å²) < 4.78 is 125. The lowest BCUT2D eigenvalue weighted by molar-refractivity contribution is -0.253. The number of rotatable bonds is 22. The summed E-state index contributed by atoms with van der Waals surface area (Å²) in [7, 11) is -6.65. The van der Waals surface area contributed by atoms with Crippen molar-refractivity contribution in [3.8, 4) is 45.7 Å². The van der Waals surface area contributed by atoms with Crippen molar-refractivity contribution in [3.63, 3.8) is 0 Å². The summed E-state index contributed by atoms with van der Waals surface area (Å²) in [6, 6.07) is 41.0. The Balaban J connectivity index is 0.000000458. The van der Waals surface area contributed by atoms with E-state index in [1.165, 1.54) is 108 Å². The van der Waals surface area contributed by atoms with Crippen LogP contribution in [0.3, 0.4) is 0 Å². The monoisotopic (exact) mass is 1600 g/mol. The summed E-state index contributed by atoms with van der Waals surface area (Å²) in [5, 5.41) is 44.8. The summed E-state index contributed by atoms with van der Waals surface area (Å²) in [5.74, 6) is -2.63. The Kier molecular flexibility index (Phi) is 37.5. The second-order valence-corrected chi connectivity index (χ2v) is 29.6. The number of benzene rings is 7. The van der Waals surface area contributed by atoms with Gasteiger partial charge in [-0.25, -0.2) is 43.4 Å². The molecule has 0 aliphatic rings. The molecule has 4 atom stereocenters. The van der Waals surface area contributed by atoms with E-state index in [0.29, 0.717) is 28.3 Å². The molecule has 0 aliphatic carbocycles. The molecule has 0 spiro atoms. The second-order valence-electron chi connectivity index (χ2n) is 21.9. The molecule has 0 bridgehead atoms. The molecule has 9 aromatic rings. The number of aliphatic carboxylic acids is 1. The van der Waals surface area contributed by atoms with Gasteiger partial charge in [0.15, 0.2) is 5.84 Å². The first-order chi connectivity index (χ1) is 49.3. The number of amidine groups is 1. The van der Waals surface area contributed by atoms with Gasteiger partial charge in [-0.1, -0.05) is 125 Å². The Morgan fingerprint density at radius 2 is 0.804 bits per heavy atom. The molecule has 11 N–H and O–H groups in total. The maximum atomic E-state index is 12.4. The van der Waals surface area contributed by atoms with Crippen molar-refractivity contribution >= 4 is 97.9 Å². The zero-order chi connectivity index (χ0) is 78.6. The highest BCUT2D eigenvalue weighted by Crippen LogP contribution is 2.26. The van der Waals surface area contributed by atoms with Crippen LogP contribution in [-0.4, -0.2) is 156 Å². The van der Waals surface area contributed by atoms with E-state index in [2.05, 4.69) is 58.7 Å². The molecule has 33 nitrogen and oxygen atoms in total. The topological polar surface area (TPSA) is 518 Å². The number of carboxylic acids is 2. The number of aromatic carboxylic acids is 1. The molecule has 0 radical (unpaired) electrons. The third-order valence-electron chi connectivity index (χ3n) is 13.6. The number of ether oxygens (including phenoxy) is 3. The SMILES string of the molecule is C.COC(=O)[C@@H](C)N.COC(=O)[C@@H](C)NS(=O)(=O)c1ccc(-c2nc(-c3ccc(C)cc3)no2)cc1.COC(=O)[C@@H](C)NS(=O)(=O)c1ccc(C(=O)O)cc1.Cc1ccc(-c2noc(-c3ccc(S(=O)(=O)N[C@H](C)C(=O)O)cc3)n2)cc1.Cc1ccc(/C(N)=N/O)cc1.Cl.O=S(=O)(Cl)c1ccc(COO)cc1. The number of oxime groups is 1. The summed E-state index contributed by atoms with van der Waals surface area (Å²) in [4.78, 5) is 66.6. The number of carbonyl (C=O) groups is 5. The maximum absolute atomic E-state index is 12.4. The standard InChI is InChI=1S/C19H19N3O5S.C18H17N3O5S.C11H13NO6S.C8H10N2O.C7H7ClO4S.C4H9NO2.CH4.ClH/c1-12-4-6-14(7-5-12)17-20-18(27-21-17)15-8-10-16(11-9-15)28(24,25)22-13(2)19(23)26-3;1-11-3-5-13(6-4-11)16-19-17(26-20-16)14-7-9-15(10-8-14)27(24,25)21-12(2)18(22)23;1-7(11(15)18-2)12-19(16,17)9-5-3-8(4-6-9)10(13)14;1-6-2-4-7(5-3-6)8(9)10-11;8-13(10,11)7-3-1-6(2-4-7)5-12-9;1-3(5)4(6)7-2;;/h4-11,13,22H,1-3H3;3-10,12,21H,1-2H3,(H,22,23);3-7,12H,1-2H3,(H,13,14);2-5,11H,1H3,(H2,9,10);1-4,9H,5H2;3H,5H2,1-2H3;1H4;1H/t13-;12-;7-;;;3-;;/m111..1../s1. The Hall–Kier alpha value is -10.4. The number of aryl methyl sites for hydroxylation is 3. The zero-order valence-corrected chi connectivity index (χ0v) is 62.9. The largest absolute Gasteiger partial charge is 0.480 e. The van der Waals surface area contributed by atoms with E-state index >= 15 is 0 Å². The van der Waals surface area contributed by atoms with Crippen LogP contribution in [0.2, 0.25) is 0 Å². The molecule has 0 saturated carbocycles. The molecule has 9 rings (SSSR count). The number of hydrogen-bond donors (Lipinski definition) is 9. The second kappa shape index (κ2) is 43.3. The lowest BCUT2D eigenvalue weighted by Gasteiger charge is -2.12. The molecule has 0 saturated heterocycles. The molecular weight excluding hydrogens is 1520 g/mol. The fourth-order valence-corrected chi connectivity index (χ4v) is 12.2. The molecule has 0 fully saturated rings. The average molecular weight is 1600 g/mol. The molecule has 578 valence electrons. The predicted molar refractivity (Wildman–Crippen MR) is 394 cm³/mol. The van der Waals surface area contributed by atoms with Crippen LogP contribution in [-0.2, 0) is 84.0 Å². The average Bonchev–Trinajstić information content (AvgIpc) is 1.81. The summed E-state index contributed by atoms with van der Waals surface area (Å²) >= 11 is 0. The minimum absolute atomic E-state index is 0. The highest BCUT2D eigenvalue weighted by Gasteiger charge is 2.26. The van der Waals surface area contributed by atoms with Gasteiger partial charge in [-0.2, -0.15) is 24.1 Å². The summed E-state index contributed by atoms with van der Waals surface area (Å²) in [6.45, 7) is 11.5. The minimum atomic E-state index is -3.94. The van der Waals surface area contributed by atoms with Crippen LogP contribution >= 0.6 is 23.1 Å². The number of sulfonamides is 3. The van der Waals surface area contributed by atoms with Gasteiger partial charge in [0, 0.05) is 38.5 Å². The van der Waals surface area contributed by atoms with E-state index < -0.39 is 87.2 Å². The lowest BCUT2D eigenvalue weighted by atomic mass is 10.1. The summed E-state index contributed by atoms with van der Waals surface area (Å²) in [5.41, 5.74) is 17.9. The Morgan fingerprint density at radius 1 is 0.495 bits per heavy atom. The van der Waals surface area contributed by atoms with Crippen molar-refractivity contribution in [1.82, 2.24) is 34.4 Å². The molecule has 39 heteroatoms. The third kappa shape index (κ3) is 29.8. The van der Waals surface area contributed by atoms with E-state index in [0.717, 1.165) is 52.6 Å². The normalized spacial score (nSPS) is 12.2. The molecule has 0 unspecified atom stereocenters. The molecular formula is C68H80Cl2N10O23S4. The fourth-order valence-electron chi connectivity index (χ4n) is 7.84. The van der Waals surface area contributed by atoms with Gasteiger partial charge in [0.25, 0.3) is 20.8 Å². The number of halogens is 2. The van der Waals surface area contributed by atoms with Crippen LogP contribution in [0.15, 0.2) is 204 Å². The zero-order valence-electron chi connectivity index (χ0n) is 58.0. The molecule has 0 amide bonds. The first kappa shape index (κ1) is 92.7. The van der Waals surface area contributed by atoms with Crippen LogP contribution in [0.4, 0.5) is 0 Å². The molecule has 2 aromatic heterocycles. The number of aromatic nitrogens is 4. The Labute approximate surface area is 628 Å². The number of methoxy groups -OCH3 is 3. The van der Waals surface area contributed by atoms with Gasteiger partial charge in [0.2, 0.25) is 41.7 Å². The smallest absolute Gasteiger partial charge is 0.335 e. The van der Waals surface area contributed by atoms with E-state index in [1.807, 2.05) is 93.6 Å². The van der Waals surface area contributed by atoms with Crippen molar-refractivity contribution in [3.05, 3.63) is 203 Å². The highest BCUT2D eigenvalue weighted by molar-refractivity contribution is 8.13. The van der Waals surface area contributed by atoms with Crippen LogP contribution in [0.1, 0.15) is 73.3 Å². The number of carbonyl (C=O) groups excluding carboxylic acids is 3. The van der Waals surface area contributed by atoms with E-state index in [4.69, 9.17) is 51.9 Å². The molecule has 0 aliphatic heterocycles. The van der Waals surface area contributed by atoms with E-state index in [-0.39, 0.29) is 75.2 Å². The number of carboxylic acid groups (broad SMARTS) is 2. The number of nitrogens with one attached hydrogen (secondary N) is 3. The van der Waals surface area contributed by atoms with Crippen molar-refractivity contribution in [2.24, 2.45) is 16.6 Å². The first-order valence-electron chi connectivity index (χ1n) is 30.3. The number of esters is 3.